The largest absolute Gasteiger partial charge is 0.393 e. The highest BCUT2D eigenvalue weighted by Gasteiger charge is 2.48. The van der Waals surface area contributed by atoms with Crippen molar-refractivity contribution in [3.05, 3.63) is 0 Å². The van der Waals surface area contributed by atoms with E-state index in [1.54, 1.807) is 5.32 Å². The molecule has 3 nitrogen and oxygen atoms in total. The van der Waals surface area contributed by atoms with Crippen LogP contribution in [0.2, 0.25) is 0 Å². The fourth-order valence-corrected chi connectivity index (χ4v) is 1.87. The summed E-state index contributed by atoms with van der Waals surface area (Å²) in [4.78, 5) is 10.8. The van der Waals surface area contributed by atoms with Crippen molar-refractivity contribution in [2.45, 2.75) is 44.1 Å². The standard InChI is InChI=1S/C10H15F4NO2/c11-8(12)10(13,14)9(17)15-5-6-3-1-2-4-7(6)16/h6-8,16H,1-5H2,(H,15,17). The van der Waals surface area contributed by atoms with Gasteiger partial charge in [0, 0.05) is 12.5 Å². The van der Waals surface area contributed by atoms with Crippen molar-refractivity contribution in [2.75, 3.05) is 6.54 Å². The lowest BCUT2D eigenvalue weighted by Gasteiger charge is -2.28. The summed E-state index contributed by atoms with van der Waals surface area (Å²) < 4.78 is 48.8. The minimum absolute atomic E-state index is 0.192. The third-order valence-corrected chi connectivity index (χ3v) is 2.97. The molecule has 0 spiro atoms. The average molecular weight is 257 g/mol. The normalized spacial score (nSPS) is 26.0. The van der Waals surface area contributed by atoms with Gasteiger partial charge in [0.1, 0.15) is 0 Å². The molecule has 0 aromatic rings. The van der Waals surface area contributed by atoms with Gasteiger partial charge in [-0.2, -0.15) is 8.78 Å². The Kier molecular flexibility index (Phi) is 4.73. The lowest BCUT2D eigenvalue weighted by molar-refractivity contribution is -0.169. The summed E-state index contributed by atoms with van der Waals surface area (Å²) in [7, 11) is 0. The predicted octanol–water partition coefficient (Wildman–Crippen LogP) is 1.55. The minimum Gasteiger partial charge on any atom is -0.393 e. The molecule has 0 radical (unpaired) electrons. The van der Waals surface area contributed by atoms with Crippen LogP contribution in [0.1, 0.15) is 25.7 Å². The Balaban J connectivity index is 2.42. The number of carbonyl (C=O) groups excluding carboxylic acids is 1. The lowest BCUT2D eigenvalue weighted by Crippen LogP contribution is -2.47. The molecule has 1 fully saturated rings. The molecule has 2 unspecified atom stereocenters. The first-order chi connectivity index (χ1) is 7.85. The molecular formula is C10H15F4NO2. The van der Waals surface area contributed by atoms with Gasteiger partial charge >= 0.3 is 12.3 Å². The zero-order valence-electron chi connectivity index (χ0n) is 9.13. The number of amides is 1. The minimum atomic E-state index is -4.67. The van der Waals surface area contributed by atoms with E-state index in [2.05, 4.69) is 0 Å². The second-order valence-corrected chi connectivity index (χ2v) is 4.25. The Morgan fingerprint density at radius 1 is 1.35 bits per heavy atom. The van der Waals surface area contributed by atoms with Crippen LogP contribution < -0.4 is 5.32 Å². The van der Waals surface area contributed by atoms with Gasteiger partial charge < -0.3 is 10.4 Å². The van der Waals surface area contributed by atoms with Crippen LogP contribution >= 0.6 is 0 Å². The molecule has 100 valence electrons. The Hall–Kier alpha value is -0.850. The molecule has 0 bridgehead atoms. The van der Waals surface area contributed by atoms with Crippen molar-refractivity contribution in [2.24, 2.45) is 5.92 Å². The number of halogens is 4. The van der Waals surface area contributed by atoms with E-state index in [1.807, 2.05) is 0 Å². The van der Waals surface area contributed by atoms with Crippen molar-refractivity contribution in [1.29, 1.82) is 0 Å². The number of carbonyl (C=O) groups is 1. The van der Waals surface area contributed by atoms with E-state index < -0.39 is 24.4 Å². The van der Waals surface area contributed by atoms with Crippen LogP contribution in [0.3, 0.4) is 0 Å². The Bertz CT molecular complexity index is 273. The molecule has 1 rings (SSSR count). The van der Waals surface area contributed by atoms with E-state index in [9.17, 15) is 27.5 Å². The van der Waals surface area contributed by atoms with E-state index >= 15 is 0 Å². The third-order valence-electron chi connectivity index (χ3n) is 2.97. The van der Waals surface area contributed by atoms with Crippen LogP contribution in [0.4, 0.5) is 17.6 Å². The van der Waals surface area contributed by atoms with Crippen LogP contribution in [-0.2, 0) is 4.79 Å². The number of alkyl halides is 4. The van der Waals surface area contributed by atoms with Gasteiger partial charge in [0.2, 0.25) is 0 Å². The lowest BCUT2D eigenvalue weighted by atomic mass is 9.86. The maximum atomic E-state index is 12.6. The van der Waals surface area contributed by atoms with Gasteiger partial charge in [-0.1, -0.05) is 12.8 Å². The summed E-state index contributed by atoms with van der Waals surface area (Å²) in [5.41, 5.74) is 0. The van der Waals surface area contributed by atoms with E-state index in [4.69, 9.17) is 0 Å². The summed E-state index contributed by atoms with van der Waals surface area (Å²) in [5.74, 6) is -6.98. The molecule has 2 atom stereocenters. The summed E-state index contributed by atoms with van der Waals surface area (Å²) in [6.07, 6.45) is -1.85. The molecule has 0 aromatic carbocycles. The molecule has 17 heavy (non-hydrogen) atoms. The number of rotatable bonds is 4. The first-order valence-corrected chi connectivity index (χ1v) is 5.48. The molecule has 1 aliphatic carbocycles. The monoisotopic (exact) mass is 257 g/mol. The van der Waals surface area contributed by atoms with Crippen LogP contribution in [0.5, 0.6) is 0 Å². The van der Waals surface area contributed by atoms with Gasteiger partial charge in [-0.15, -0.1) is 0 Å². The van der Waals surface area contributed by atoms with Gasteiger partial charge in [0.25, 0.3) is 5.91 Å². The van der Waals surface area contributed by atoms with Gasteiger partial charge in [-0.3, -0.25) is 4.79 Å². The van der Waals surface area contributed by atoms with Crippen molar-refractivity contribution >= 4 is 5.91 Å². The summed E-state index contributed by atoms with van der Waals surface area (Å²) in [6.45, 7) is -0.192. The molecule has 1 amide bonds. The van der Waals surface area contributed by atoms with E-state index in [0.717, 1.165) is 12.8 Å². The number of hydrogen-bond acceptors (Lipinski definition) is 2. The molecule has 0 saturated heterocycles. The first kappa shape index (κ1) is 14.2. The smallest absolute Gasteiger partial charge is 0.383 e. The molecular weight excluding hydrogens is 242 g/mol. The second kappa shape index (κ2) is 5.66. The highest BCUT2D eigenvalue weighted by Crippen LogP contribution is 2.25. The molecule has 2 N–H and O–H groups in total. The fraction of sp³-hybridized carbons (Fsp3) is 0.900. The molecule has 7 heteroatoms. The van der Waals surface area contributed by atoms with Crippen molar-refractivity contribution in [3.63, 3.8) is 0 Å². The van der Waals surface area contributed by atoms with Crippen molar-refractivity contribution in [3.8, 4) is 0 Å². The van der Waals surface area contributed by atoms with Gasteiger partial charge in [0.15, 0.2) is 0 Å². The van der Waals surface area contributed by atoms with Crippen LogP contribution in [0, 0.1) is 5.92 Å². The maximum absolute atomic E-state index is 12.6. The van der Waals surface area contributed by atoms with Crippen LogP contribution in [-0.4, -0.2) is 36.0 Å². The number of aliphatic hydroxyl groups excluding tert-OH is 1. The Morgan fingerprint density at radius 3 is 2.47 bits per heavy atom. The molecule has 1 aliphatic rings. The van der Waals surface area contributed by atoms with Crippen LogP contribution in [0.15, 0.2) is 0 Å². The van der Waals surface area contributed by atoms with E-state index in [-0.39, 0.29) is 12.5 Å². The van der Waals surface area contributed by atoms with E-state index in [1.165, 1.54) is 0 Å². The summed E-state index contributed by atoms with van der Waals surface area (Å²) >= 11 is 0. The number of hydrogen-bond donors (Lipinski definition) is 2. The Labute approximate surface area is 96.2 Å². The van der Waals surface area contributed by atoms with Gasteiger partial charge in [-0.25, -0.2) is 8.78 Å². The predicted molar refractivity (Wildman–Crippen MR) is 51.9 cm³/mol. The quantitative estimate of drug-likeness (QED) is 0.751. The molecule has 1 saturated carbocycles. The maximum Gasteiger partial charge on any atom is 0.383 e. The van der Waals surface area contributed by atoms with Gasteiger partial charge in [-0.05, 0) is 12.8 Å². The molecule has 0 aliphatic heterocycles. The van der Waals surface area contributed by atoms with Crippen molar-refractivity contribution in [1.82, 2.24) is 5.32 Å². The van der Waals surface area contributed by atoms with Gasteiger partial charge in [0.05, 0.1) is 6.10 Å². The SMILES string of the molecule is O=C(NCC1CCCCC1O)C(F)(F)C(F)F. The molecule has 0 heterocycles. The zero-order valence-corrected chi connectivity index (χ0v) is 9.13. The topological polar surface area (TPSA) is 49.3 Å². The third kappa shape index (κ3) is 3.55. The average Bonchev–Trinajstić information content (AvgIpc) is 2.27. The molecule has 0 aromatic heterocycles. The fourth-order valence-electron chi connectivity index (χ4n) is 1.87. The van der Waals surface area contributed by atoms with E-state index in [0.29, 0.717) is 12.8 Å². The first-order valence-electron chi connectivity index (χ1n) is 5.48. The summed E-state index contributed by atoms with van der Waals surface area (Å²) in [6, 6.07) is 0. The highest BCUT2D eigenvalue weighted by molar-refractivity contribution is 5.83. The second-order valence-electron chi connectivity index (χ2n) is 4.25. The zero-order chi connectivity index (χ0) is 13.1. The number of nitrogens with one attached hydrogen (secondary N) is 1. The summed E-state index contributed by atoms with van der Waals surface area (Å²) in [5, 5.41) is 11.3. The Morgan fingerprint density at radius 2 is 1.94 bits per heavy atom. The van der Waals surface area contributed by atoms with Crippen LogP contribution in [0.25, 0.3) is 0 Å². The highest BCUT2D eigenvalue weighted by atomic mass is 19.3. The van der Waals surface area contributed by atoms with Crippen molar-refractivity contribution < 1.29 is 27.5 Å². The number of aliphatic hydroxyl groups is 1.